The summed E-state index contributed by atoms with van der Waals surface area (Å²) in [7, 11) is 0. The first kappa shape index (κ1) is 13.1. The van der Waals surface area contributed by atoms with Gasteiger partial charge in [0.2, 0.25) is 0 Å². The smallest absolute Gasteiger partial charge is 0.178 e. The van der Waals surface area contributed by atoms with Gasteiger partial charge in [0.05, 0.1) is 17.9 Å². The Bertz CT molecular complexity index is 546. The van der Waals surface area contributed by atoms with Crippen LogP contribution in [0.3, 0.4) is 0 Å². The molecule has 1 aliphatic rings. The highest BCUT2D eigenvalue weighted by molar-refractivity contribution is 5.56. The van der Waals surface area contributed by atoms with Crippen molar-refractivity contribution in [3.63, 3.8) is 0 Å². The summed E-state index contributed by atoms with van der Waals surface area (Å²) < 4.78 is 7.45. The number of pyridine rings is 1. The zero-order valence-corrected chi connectivity index (χ0v) is 11.7. The Kier molecular flexibility index (Phi) is 3.64. The highest BCUT2D eigenvalue weighted by atomic mass is 16.5. The Labute approximate surface area is 118 Å². The van der Waals surface area contributed by atoms with Crippen molar-refractivity contribution in [3.05, 3.63) is 31.0 Å². The topological polar surface area (TPSA) is 64.9 Å². The van der Waals surface area contributed by atoms with Gasteiger partial charge in [-0.2, -0.15) is 5.10 Å². The number of nitrogens with zero attached hydrogens (tertiary/aromatic N) is 4. The molecule has 2 atom stereocenters. The van der Waals surface area contributed by atoms with E-state index in [0.29, 0.717) is 6.04 Å². The van der Waals surface area contributed by atoms with Crippen molar-refractivity contribution in [1.29, 1.82) is 0 Å². The van der Waals surface area contributed by atoms with E-state index in [1.165, 1.54) is 6.33 Å². The van der Waals surface area contributed by atoms with Crippen LogP contribution in [0.5, 0.6) is 0 Å². The molecule has 20 heavy (non-hydrogen) atoms. The summed E-state index contributed by atoms with van der Waals surface area (Å²) in [6.07, 6.45) is 7.48. The molecule has 0 bridgehead atoms. The van der Waals surface area contributed by atoms with Crippen LogP contribution in [0.1, 0.15) is 26.7 Å². The van der Waals surface area contributed by atoms with Crippen molar-refractivity contribution in [2.75, 3.05) is 5.32 Å². The highest BCUT2D eigenvalue weighted by Gasteiger charge is 2.25. The molecule has 0 radical (unpaired) electrons. The summed E-state index contributed by atoms with van der Waals surface area (Å²) >= 11 is 0. The molecule has 1 fully saturated rings. The Morgan fingerprint density at radius 3 is 2.80 bits per heavy atom. The SMILES string of the molecule is CC1CC(Nc2cccnc2-n2cncn2)CC(C)O1. The number of ether oxygens (including phenoxy) is 1. The number of aromatic nitrogens is 4. The van der Waals surface area contributed by atoms with E-state index in [4.69, 9.17) is 4.74 Å². The van der Waals surface area contributed by atoms with Crippen molar-refractivity contribution in [2.45, 2.75) is 44.9 Å². The average Bonchev–Trinajstić information content (AvgIpc) is 2.92. The van der Waals surface area contributed by atoms with Gasteiger partial charge in [-0.25, -0.2) is 14.6 Å². The zero-order chi connectivity index (χ0) is 13.9. The van der Waals surface area contributed by atoms with Crippen LogP contribution in [0.25, 0.3) is 5.82 Å². The summed E-state index contributed by atoms with van der Waals surface area (Å²) in [6, 6.07) is 4.34. The van der Waals surface area contributed by atoms with Gasteiger partial charge in [0, 0.05) is 12.2 Å². The second-order valence-electron chi connectivity index (χ2n) is 5.28. The fourth-order valence-corrected chi connectivity index (χ4v) is 2.75. The molecule has 3 heterocycles. The summed E-state index contributed by atoms with van der Waals surface area (Å²) in [5, 5.41) is 7.72. The Morgan fingerprint density at radius 2 is 2.10 bits per heavy atom. The minimum absolute atomic E-state index is 0.280. The van der Waals surface area contributed by atoms with Crippen molar-refractivity contribution in [3.8, 4) is 5.82 Å². The standard InChI is InChI=1S/C14H19N5O/c1-10-6-12(7-11(2)20-10)18-13-4-3-5-16-14(13)19-9-15-8-17-19/h3-5,8-12,18H,6-7H2,1-2H3. The Morgan fingerprint density at radius 1 is 1.30 bits per heavy atom. The molecule has 0 amide bonds. The molecule has 0 aromatic carbocycles. The minimum atomic E-state index is 0.280. The maximum absolute atomic E-state index is 5.77. The number of hydrogen-bond acceptors (Lipinski definition) is 5. The maximum atomic E-state index is 5.77. The van der Waals surface area contributed by atoms with E-state index in [1.807, 2.05) is 12.1 Å². The van der Waals surface area contributed by atoms with Crippen LogP contribution in [0, 0.1) is 0 Å². The molecule has 1 saturated heterocycles. The van der Waals surface area contributed by atoms with Gasteiger partial charge >= 0.3 is 0 Å². The van der Waals surface area contributed by atoms with Gasteiger partial charge < -0.3 is 10.1 Å². The molecule has 0 saturated carbocycles. The lowest BCUT2D eigenvalue weighted by molar-refractivity contribution is -0.0337. The first-order valence-electron chi connectivity index (χ1n) is 6.94. The molecule has 2 aromatic heterocycles. The van der Waals surface area contributed by atoms with Crippen molar-refractivity contribution < 1.29 is 4.74 Å². The van der Waals surface area contributed by atoms with Crippen LogP contribution in [0.4, 0.5) is 5.69 Å². The molecule has 1 N–H and O–H groups in total. The molecule has 6 heteroatoms. The molecular weight excluding hydrogens is 254 g/mol. The lowest BCUT2D eigenvalue weighted by Crippen LogP contribution is -2.37. The summed E-state index contributed by atoms with van der Waals surface area (Å²) in [4.78, 5) is 8.37. The average molecular weight is 273 g/mol. The van der Waals surface area contributed by atoms with E-state index in [0.717, 1.165) is 24.3 Å². The summed E-state index contributed by atoms with van der Waals surface area (Å²) in [5.41, 5.74) is 0.976. The van der Waals surface area contributed by atoms with Crippen LogP contribution in [0.15, 0.2) is 31.0 Å². The van der Waals surface area contributed by atoms with E-state index < -0.39 is 0 Å². The van der Waals surface area contributed by atoms with E-state index in [2.05, 4.69) is 34.2 Å². The number of hydrogen-bond donors (Lipinski definition) is 1. The van der Waals surface area contributed by atoms with Gasteiger partial charge in [-0.1, -0.05) is 0 Å². The van der Waals surface area contributed by atoms with Gasteiger partial charge in [0.25, 0.3) is 0 Å². The third-order valence-corrected chi connectivity index (χ3v) is 3.48. The fraction of sp³-hybridized carbons (Fsp3) is 0.500. The Balaban J connectivity index is 1.81. The van der Waals surface area contributed by atoms with E-state index in [9.17, 15) is 0 Å². The first-order chi connectivity index (χ1) is 9.72. The van der Waals surface area contributed by atoms with Crippen LogP contribution >= 0.6 is 0 Å². The molecule has 106 valence electrons. The lowest BCUT2D eigenvalue weighted by Gasteiger charge is -2.33. The van der Waals surface area contributed by atoms with Crippen molar-refractivity contribution in [2.24, 2.45) is 0 Å². The predicted molar refractivity (Wildman–Crippen MR) is 75.8 cm³/mol. The predicted octanol–water partition coefficient (Wildman–Crippen LogP) is 2.03. The van der Waals surface area contributed by atoms with Gasteiger partial charge in [-0.15, -0.1) is 0 Å². The molecule has 1 aliphatic heterocycles. The van der Waals surface area contributed by atoms with Crippen LogP contribution < -0.4 is 5.32 Å². The monoisotopic (exact) mass is 273 g/mol. The molecule has 3 rings (SSSR count). The fourth-order valence-electron chi connectivity index (χ4n) is 2.75. The van der Waals surface area contributed by atoms with Crippen LogP contribution in [-0.4, -0.2) is 38.0 Å². The second kappa shape index (κ2) is 5.58. The van der Waals surface area contributed by atoms with E-state index in [-0.39, 0.29) is 12.2 Å². The minimum Gasteiger partial charge on any atom is -0.379 e. The van der Waals surface area contributed by atoms with E-state index in [1.54, 1.807) is 17.2 Å². The normalized spacial score (nSPS) is 26.4. The number of anilines is 1. The van der Waals surface area contributed by atoms with Crippen LogP contribution in [0.2, 0.25) is 0 Å². The number of rotatable bonds is 3. The summed E-state index contributed by atoms with van der Waals surface area (Å²) in [5.74, 6) is 0.775. The number of nitrogens with one attached hydrogen (secondary N) is 1. The van der Waals surface area contributed by atoms with Gasteiger partial charge in [0.1, 0.15) is 12.7 Å². The lowest BCUT2D eigenvalue weighted by atomic mass is 9.99. The molecule has 0 aliphatic carbocycles. The molecular formula is C14H19N5O. The summed E-state index contributed by atoms with van der Waals surface area (Å²) in [6.45, 7) is 4.23. The van der Waals surface area contributed by atoms with Crippen molar-refractivity contribution in [1.82, 2.24) is 19.7 Å². The maximum Gasteiger partial charge on any atom is 0.178 e. The van der Waals surface area contributed by atoms with E-state index >= 15 is 0 Å². The van der Waals surface area contributed by atoms with Gasteiger partial charge in [-0.3, -0.25) is 0 Å². The van der Waals surface area contributed by atoms with Gasteiger partial charge in [0.15, 0.2) is 5.82 Å². The third-order valence-electron chi connectivity index (χ3n) is 3.48. The van der Waals surface area contributed by atoms with Crippen LogP contribution in [-0.2, 0) is 4.74 Å². The zero-order valence-electron chi connectivity index (χ0n) is 11.7. The highest BCUT2D eigenvalue weighted by Crippen LogP contribution is 2.24. The molecule has 2 unspecified atom stereocenters. The largest absolute Gasteiger partial charge is 0.379 e. The molecule has 6 nitrogen and oxygen atoms in total. The van der Waals surface area contributed by atoms with Gasteiger partial charge in [-0.05, 0) is 38.8 Å². The molecule has 2 aromatic rings. The quantitative estimate of drug-likeness (QED) is 0.927. The Hall–Kier alpha value is -1.95. The molecule has 0 spiro atoms. The first-order valence-corrected chi connectivity index (χ1v) is 6.94. The second-order valence-corrected chi connectivity index (χ2v) is 5.28. The third kappa shape index (κ3) is 2.80. The van der Waals surface area contributed by atoms with Crippen molar-refractivity contribution >= 4 is 5.69 Å².